The van der Waals surface area contributed by atoms with Gasteiger partial charge in [0.15, 0.2) is 0 Å². The fraction of sp³-hybridized carbons (Fsp3) is 0.0625. The van der Waals surface area contributed by atoms with Crippen LogP contribution in [0.4, 0.5) is 11.6 Å². The minimum atomic E-state index is -0.303. The predicted octanol–water partition coefficient (Wildman–Crippen LogP) is 2.05. The van der Waals surface area contributed by atoms with Crippen LogP contribution in [0.2, 0.25) is 0 Å². The number of aromatic nitrogens is 3. The van der Waals surface area contributed by atoms with E-state index in [2.05, 4.69) is 26.2 Å². The molecule has 0 unspecified atom stereocenters. The Bertz CT molecular complexity index is 941. The number of para-hydroxylation sites is 2. The van der Waals surface area contributed by atoms with Crippen LogP contribution in [0.5, 0.6) is 5.75 Å². The van der Waals surface area contributed by atoms with Gasteiger partial charge in [-0.3, -0.25) is 4.79 Å². The molecule has 0 bridgehead atoms. The van der Waals surface area contributed by atoms with Gasteiger partial charge in [-0.1, -0.05) is 18.1 Å². The third kappa shape index (κ3) is 2.47. The number of aromatic amines is 1. The molecule has 2 N–H and O–H groups in total. The maximum absolute atomic E-state index is 11.6. The average molecular weight is 292 g/mol. The number of terminal acetylenes is 1. The van der Waals surface area contributed by atoms with Crippen LogP contribution in [0.3, 0.4) is 0 Å². The van der Waals surface area contributed by atoms with Gasteiger partial charge in [0, 0.05) is 17.8 Å². The number of ether oxygens (including phenoxy) is 1. The molecule has 22 heavy (non-hydrogen) atoms. The van der Waals surface area contributed by atoms with E-state index in [0.29, 0.717) is 28.3 Å². The van der Waals surface area contributed by atoms with E-state index in [9.17, 15) is 4.79 Å². The molecule has 0 radical (unpaired) electrons. The molecular weight excluding hydrogens is 280 g/mol. The summed E-state index contributed by atoms with van der Waals surface area (Å²) >= 11 is 0. The SMILES string of the molecule is C#Cc1cc(=O)[nH]c2nc(Nc3ccccc3OC)ncc12. The number of nitrogens with zero attached hydrogens (tertiary/aromatic N) is 2. The number of hydrogen-bond donors (Lipinski definition) is 2. The Balaban J connectivity index is 2.06. The van der Waals surface area contributed by atoms with Gasteiger partial charge >= 0.3 is 0 Å². The van der Waals surface area contributed by atoms with Gasteiger partial charge in [0.1, 0.15) is 11.4 Å². The predicted molar refractivity (Wildman–Crippen MR) is 84.4 cm³/mol. The Morgan fingerprint density at radius 1 is 1.36 bits per heavy atom. The van der Waals surface area contributed by atoms with Crippen LogP contribution in [0, 0.1) is 12.3 Å². The lowest BCUT2D eigenvalue weighted by atomic mass is 10.2. The maximum Gasteiger partial charge on any atom is 0.250 e. The maximum atomic E-state index is 11.6. The summed E-state index contributed by atoms with van der Waals surface area (Å²) in [6, 6.07) is 8.74. The van der Waals surface area contributed by atoms with Crippen LogP contribution in [0.15, 0.2) is 41.3 Å². The monoisotopic (exact) mass is 292 g/mol. The first kappa shape index (κ1) is 13.6. The number of hydrogen-bond acceptors (Lipinski definition) is 5. The summed E-state index contributed by atoms with van der Waals surface area (Å²) in [7, 11) is 1.58. The van der Waals surface area contributed by atoms with Crippen molar-refractivity contribution in [3.8, 4) is 18.1 Å². The molecule has 0 spiro atoms. The molecule has 1 aromatic carbocycles. The normalized spacial score (nSPS) is 10.2. The summed E-state index contributed by atoms with van der Waals surface area (Å²) in [6.07, 6.45) is 6.97. The Labute approximate surface area is 126 Å². The quantitative estimate of drug-likeness (QED) is 0.722. The molecule has 6 nitrogen and oxygen atoms in total. The molecule has 108 valence electrons. The number of benzene rings is 1. The van der Waals surface area contributed by atoms with Crippen LogP contribution in [0.25, 0.3) is 11.0 Å². The zero-order valence-corrected chi connectivity index (χ0v) is 11.8. The Hall–Kier alpha value is -3.33. The third-order valence-electron chi connectivity index (χ3n) is 3.10. The molecule has 3 rings (SSSR count). The fourth-order valence-corrected chi connectivity index (χ4v) is 2.08. The number of nitrogens with one attached hydrogen (secondary N) is 2. The molecular formula is C16H12N4O2. The molecule has 2 aromatic heterocycles. The van der Waals surface area contributed by atoms with Gasteiger partial charge in [-0.2, -0.15) is 4.98 Å². The number of anilines is 2. The van der Waals surface area contributed by atoms with Gasteiger partial charge in [-0.15, -0.1) is 6.42 Å². The van der Waals surface area contributed by atoms with E-state index >= 15 is 0 Å². The lowest BCUT2D eigenvalue weighted by Gasteiger charge is -2.10. The Morgan fingerprint density at radius 3 is 2.95 bits per heavy atom. The summed E-state index contributed by atoms with van der Waals surface area (Å²) in [5.74, 6) is 3.46. The van der Waals surface area contributed by atoms with Gasteiger partial charge in [0.2, 0.25) is 5.95 Å². The summed E-state index contributed by atoms with van der Waals surface area (Å²) in [6.45, 7) is 0. The number of H-pyrrole nitrogens is 1. The third-order valence-corrected chi connectivity index (χ3v) is 3.10. The Kier molecular flexibility index (Phi) is 3.46. The van der Waals surface area contributed by atoms with E-state index in [1.165, 1.54) is 6.07 Å². The molecule has 0 aliphatic rings. The van der Waals surface area contributed by atoms with Crippen LogP contribution in [-0.4, -0.2) is 22.1 Å². The van der Waals surface area contributed by atoms with Gasteiger partial charge in [0.05, 0.1) is 18.2 Å². The van der Waals surface area contributed by atoms with Crippen LogP contribution >= 0.6 is 0 Å². The first-order valence-corrected chi connectivity index (χ1v) is 6.48. The van der Waals surface area contributed by atoms with Gasteiger partial charge in [0.25, 0.3) is 5.56 Å². The van der Waals surface area contributed by atoms with Gasteiger partial charge in [-0.25, -0.2) is 4.98 Å². The second-order valence-electron chi connectivity index (χ2n) is 4.47. The largest absolute Gasteiger partial charge is 0.495 e. The van der Waals surface area contributed by atoms with E-state index in [-0.39, 0.29) is 5.56 Å². The number of methoxy groups -OCH3 is 1. The van der Waals surface area contributed by atoms with Crippen molar-refractivity contribution in [3.63, 3.8) is 0 Å². The van der Waals surface area contributed by atoms with Crippen molar-refractivity contribution in [1.29, 1.82) is 0 Å². The topological polar surface area (TPSA) is 79.9 Å². The fourth-order valence-electron chi connectivity index (χ4n) is 2.08. The average Bonchev–Trinajstić information content (AvgIpc) is 2.54. The highest BCUT2D eigenvalue weighted by atomic mass is 16.5. The highest BCUT2D eigenvalue weighted by Gasteiger charge is 2.07. The first-order valence-electron chi connectivity index (χ1n) is 6.48. The lowest BCUT2D eigenvalue weighted by molar-refractivity contribution is 0.417. The molecule has 0 aliphatic carbocycles. The van der Waals surface area contributed by atoms with Crippen molar-refractivity contribution in [1.82, 2.24) is 15.0 Å². The van der Waals surface area contributed by atoms with E-state index in [1.807, 2.05) is 24.3 Å². The molecule has 2 heterocycles. The van der Waals surface area contributed by atoms with E-state index in [0.717, 1.165) is 5.69 Å². The smallest absolute Gasteiger partial charge is 0.250 e. The van der Waals surface area contributed by atoms with Gasteiger partial charge < -0.3 is 15.0 Å². The standard InChI is InChI=1S/C16H12N4O2/c1-3-10-8-14(21)19-15-11(10)9-17-16(20-15)18-12-6-4-5-7-13(12)22-2/h1,4-9H,2H3,(H2,17,18,19,20,21). The van der Waals surface area contributed by atoms with Crippen molar-refractivity contribution >= 4 is 22.7 Å². The molecule has 0 saturated carbocycles. The van der Waals surface area contributed by atoms with Crippen molar-refractivity contribution in [2.24, 2.45) is 0 Å². The zero-order valence-electron chi connectivity index (χ0n) is 11.8. The molecule has 6 heteroatoms. The van der Waals surface area contributed by atoms with Crippen LogP contribution in [-0.2, 0) is 0 Å². The molecule has 0 fully saturated rings. The molecule has 0 aliphatic heterocycles. The van der Waals surface area contributed by atoms with Crippen LogP contribution < -0.4 is 15.6 Å². The van der Waals surface area contributed by atoms with Crippen LogP contribution in [0.1, 0.15) is 5.56 Å². The van der Waals surface area contributed by atoms with E-state index < -0.39 is 0 Å². The highest BCUT2D eigenvalue weighted by Crippen LogP contribution is 2.25. The van der Waals surface area contributed by atoms with Crippen molar-refractivity contribution in [2.45, 2.75) is 0 Å². The molecule has 0 atom stereocenters. The first-order chi connectivity index (χ1) is 10.7. The lowest BCUT2D eigenvalue weighted by Crippen LogP contribution is -2.08. The Morgan fingerprint density at radius 2 is 2.18 bits per heavy atom. The molecule has 3 aromatic rings. The minimum Gasteiger partial charge on any atom is -0.495 e. The van der Waals surface area contributed by atoms with E-state index in [4.69, 9.17) is 11.2 Å². The summed E-state index contributed by atoms with van der Waals surface area (Å²) in [4.78, 5) is 22.7. The van der Waals surface area contributed by atoms with Crippen molar-refractivity contribution in [3.05, 3.63) is 52.4 Å². The summed E-state index contributed by atoms with van der Waals surface area (Å²) in [5, 5.41) is 3.67. The van der Waals surface area contributed by atoms with Crippen molar-refractivity contribution < 1.29 is 4.74 Å². The molecule has 0 amide bonds. The second kappa shape index (κ2) is 5.58. The van der Waals surface area contributed by atoms with E-state index in [1.54, 1.807) is 13.3 Å². The summed E-state index contributed by atoms with van der Waals surface area (Å²) in [5.41, 5.74) is 1.26. The zero-order chi connectivity index (χ0) is 15.5. The number of pyridine rings is 1. The van der Waals surface area contributed by atoms with Crippen molar-refractivity contribution in [2.75, 3.05) is 12.4 Å². The second-order valence-corrected chi connectivity index (χ2v) is 4.47. The number of fused-ring (bicyclic) bond motifs is 1. The highest BCUT2D eigenvalue weighted by molar-refractivity contribution is 5.82. The summed E-state index contributed by atoms with van der Waals surface area (Å²) < 4.78 is 5.26. The minimum absolute atomic E-state index is 0.303. The number of rotatable bonds is 3. The molecule has 0 saturated heterocycles. The van der Waals surface area contributed by atoms with Gasteiger partial charge in [-0.05, 0) is 12.1 Å².